The standard InChI is InChI=1S/C22H23N3O2S2/c1-15-6-7-17(14-16(15)2)21(26)24-18-8-10-20(11-9-18)29(27,19-4-3-5-19)25-22-23-12-13-28-22/h6-14H,3-5H2,1-2H3,(H,24,26)(H,23,25,27). The molecule has 4 rings (SSSR count). The number of amides is 1. The highest BCUT2D eigenvalue weighted by atomic mass is 32.2. The number of nitrogens with zero attached hydrogens (tertiary/aromatic N) is 1. The Labute approximate surface area is 175 Å². The smallest absolute Gasteiger partial charge is 0.255 e. The van der Waals surface area contributed by atoms with Crippen molar-refractivity contribution in [1.82, 2.24) is 4.98 Å². The Morgan fingerprint density at radius 1 is 1.07 bits per heavy atom. The lowest BCUT2D eigenvalue weighted by Gasteiger charge is -2.24. The van der Waals surface area contributed by atoms with Gasteiger partial charge in [-0.2, -0.15) is 0 Å². The molecule has 1 amide bonds. The zero-order valence-corrected chi connectivity index (χ0v) is 18.0. The van der Waals surface area contributed by atoms with E-state index in [1.54, 1.807) is 18.3 Å². The van der Waals surface area contributed by atoms with E-state index < -0.39 is 9.71 Å². The molecule has 7 heteroatoms. The number of carbonyl (C=O) groups is 1. The van der Waals surface area contributed by atoms with Gasteiger partial charge in [0.05, 0.1) is 14.6 Å². The number of benzene rings is 2. The first-order chi connectivity index (χ1) is 14.0. The molecule has 1 aromatic heterocycles. The van der Waals surface area contributed by atoms with Crippen molar-refractivity contribution >= 4 is 42.6 Å². The molecule has 0 radical (unpaired) electrons. The third-order valence-electron chi connectivity index (χ3n) is 5.19. The second-order valence-corrected chi connectivity index (χ2v) is 10.4. The molecule has 1 heterocycles. The Kier molecular flexibility index (Phi) is 5.43. The molecular weight excluding hydrogens is 402 g/mol. The summed E-state index contributed by atoms with van der Waals surface area (Å²) in [4.78, 5) is 18.5. The molecule has 1 unspecified atom stereocenters. The average Bonchev–Trinajstić information content (AvgIpc) is 3.15. The van der Waals surface area contributed by atoms with Crippen LogP contribution in [-0.2, 0) is 9.71 Å². The van der Waals surface area contributed by atoms with Crippen LogP contribution in [0.15, 0.2) is 58.9 Å². The summed E-state index contributed by atoms with van der Waals surface area (Å²) in [6, 6.07) is 12.9. The zero-order chi connectivity index (χ0) is 20.4. The van der Waals surface area contributed by atoms with Crippen molar-refractivity contribution in [2.75, 3.05) is 10.0 Å². The molecule has 0 bridgehead atoms. The van der Waals surface area contributed by atoms with Crippen molar-refractivity contribution in [1.29, 1.82) is 0 Å². The van der Waals surface area contributed by atoms with Gasteiger partial charge >= 0.3 is 0 Å². The predicted octanol–water partition coefficient (Wildman–Crippen LogP) is 5.04. The van der Waals surface area contributed by atoms with Crippen LogP contribution < -0.4 is 10.0 Å². The lowest BCUT2D eigenvalue weighted by atomic mass is 10.0. The van der Waals surface area contributed by atoms with Crippen LogP contribution in [0.2, 0.25) is 0 Å². The number of aromatic nitrogens is 1. The lowest BCUT2D eigenvalue weighted by Crippen LogP contribution is -2.27. The van der Waals surface area contributed by atoms with Crippen LogP contribution in [0.5, 0.6) is 0 Å². The van der Waals surface area contributed by atoms with Gasteiger partial charge in [0.15, 0.2) is 5.13 Å². The van der Waals surface area contributed by atoms with Gasteiger partial charge in [-0.1, -0.05) is 6.07 Å². The monoisotopic (exact) mass is 425 g/mol. The number of thiazole rings is 1. The highest BCUT2D eigenvalue weighted by Crippen LogP contribution is 2.27. The molecule has 1 saturated carbocycles. The van der Waals surface area contributed by atoms with Crippen LogP contribution in [0.3, 0.4) is 0 Å². The minimum Gasteiger partial charge on any atom is -0.322 e. The summed E-state index contributed by atoms with van der Waals surface area (Å²) in [6.07, 6.45) is 4.49. The fourth-order valence-electron chi connectivity index (χ4n) is 3.12. The van der Waals surface area contributed by atoms with Crippen molar-refractivity contribution in [2.45, 2.75) is 38.0 Å². The summed E-state index contributed by atoms with van der Waals surface area (Å²) < 4.78 is 17.0. The Bertz CT molecular complexity index is 1150. The summed E-state index contributed by atoms with van der Waals surface area (Å²) in [6.45, 7) is 4.01. The molecule has 5 nitrogen and oxygen atoms in total. The number of nitrogens with one attached hydrogen (secondary N) is 2. The van der Waals surface area contributed by atoms with Crippen molar-refractivity contribution in [3.8, 4) is 0 Å². The maximum atomic E-state index is 13.8. The molecule has 1 aliphatic rings. The van der Waals surface area contributed by atoms with Gasteiger partial charge < -0.3 is 5.32 Å². The summed E-state index contributed by atoms with van der Waals surface area (Å²) in [7, 11) is -2.54. The minimum absolute atomic E-state index is 0.157. The quantitative estimate of drug-likeness (QED) is 0.563. The largest absolute Gasteiger partial charge is 0.322 e. The van der Waals surface area contributed by atoms with Crippen molar-refractivity contribution < 1.29 is 9.00 Å². The second kappa shape index (κ2) is 8.00. The molecule has 1 fully saturated rings. The Balaban J connectivity index is 1.57. The first-order valence-electron chi connectivity index (χ1n) is 9.50. The third-order valence-corrected chi connectivity index (χ3v) is 8.65. The predicted molar refractivity (Wildman–Crippen MR) is 121 cm³/mol. The Morgan fingerprint density at radius 3 is 2.41 bits per heavy atom. The molecule has 2 N–H and O–H groups in total. The maximum Gasteiger partial charge on any atom is 0.255 e. The average molecular weight is 426 g/mol. The summed E-state index contributed by atoms with van der Waals surface area (Å²) in [5.74, 6) is -0.157. The second-order valence-electron chi connectivity index (χ2n) is 7.17. The summed E-state index contributed by atoms with van der Waals surface area (Å²) >= 11 is 1.44. The maximum absolute atomic E-state index is 13.8. The normalized spacial score (nSPS) is 15.3. The fraction of sp³-hybridized carbons (Fsp3) is 0.227. The number of hydrogen-bond acceptors (Lipinski definition) is 4. The molecule has 0 aliphatic heterocycles. The summed E-state index contributed by atoms with van der Waals surface area (Å²) in [5, 5.41) is 5.43. The minimum atomic E-state index is -2.54. The first-order valence-corrected chi connectivity index (χ1v) is 11.9. The van der Waals surface area contributed by atoms with Crippen LogP contribution in [-0.4, -0.2) is 20.0 Å². The van der Waals surface area contributed by atoms with Gasteiger partial charge in [-0.05, 0) is 80.6 Å². The zero-order valence-electron chi connectivity index (χ0n) is 16.4. The van der Waals surface area contributed by atoms with E-state index in [0.717, 1.165) is 35.3 Å². The van der Waals surface area contributed by atoms with Crippen LogP contribution in [0.1, 0.15) is 40.7 Å². The number of anilines is 2. The number of hydrogen-bond donors (Lipinski definition) is 2. The van der Waals surface area contributed by atoms with E-state index in [1.165, 1.54) is 11.3 Å². The topological polar surface area (TPSA) is 71.1 Å². The van der Waals surface area contributed by atoms with Gasteiger partial charge in [0, 0.05) is 27.7 Å². The van der Waals surface area contributed by atoms with Gasteiger partial charge in [0.1, 0.15) is 0 Å². The van der Waals surface area contributed by atoms with Gasteiger partial charge in [-0.25, -0.2) is 9.19 Å². The van der Waals surface area contributed by atoms with Gasteiger partial charge in [0.25, 0.3) is 5.91 Å². The highest BCUT2D eigenvalue weighted by Gasteiger charge is 2.23. The van der Waals surface area contributed by atoms with Crippen LogP contribution in [0.4, 0.5) is 10.8 Å². The van der Waals surface area contributed by atoms with Crippen molar-refractivity contribution in [3.63, 3.8) is 0 Å². The van der Waals surface area contributed by atoms with Crippen LogP contribution >= 0.6 is 11.3 Å². The first kappa shape index (κ1) is 19.7. The van der Waals surface area contributed by atoms with Gasteiger partial charge in [-0.15, -0.1) is 11.3 Å². The molecule has 150 valence electrons. The molecule has 29 heavy (non-hydrogen) atoms. The molecule has 2 aromatic carbocycles. The number of carbonyl (C=O) groups excluding carboxylic acids is 1. The van der Waals surface area contributed by atoms with Crippen LogP contribution in [0.25, 0.3) is 0 Å². The third kappa shape index (κ3) is 4.06. The Hall–Kier alpha value is -2.64. The van der Waals surface area contributed by atoms with E-state index in [9.17, 15) is 9.00 Å². The van der Waals surface area contributed by atoms with Crippen molar-refractivity contribution in [2.24, 2.45) is 0 Å². The number of aryl methyl sites for hydroxylation is 2. The molecule has 1 aliphatic carbocycles. The number of rotatable bonds is 5. The highest BCUT2D eigenvalue weighted by molar-refractivity contribution is 8.03. The van der Waals surface area contributed by atoms with Crippen LogP contribution in [0, 0.1) is 13.8 Å². The van der Waals surface area contributed by atoms with E-state index in [2.05, 4.69) is 15.0 Å². The van der Waals surface area contributed by atoms with Gasteiger partial charge in [-0.3, -0.25) is 9.52 Å². The molecule has 0 spiro atoms. The Morgan fingerprint density at radius 2 is 1.83 bits per heavy atom. The van der Waals surface area contributed by atoms with E-state index in [4.69, 9.17) is 0 Å². The van der Waals surface area contributed by atoms with Crippen molar-refractivity contribution in [3.05, 3.63) is 70.7 Å². The molecular formula is C22H23N3O2S2. The molecule has 0 saturated heterocycles. The molecule has 3 aromatic rings. The lowest BCUT2D eigenvalue weighted by molar-refractivity contribution is 0.102. The summed E-state index contributed by atoms with van der Waals surface area (Å²) in [5.41, 5.74) is 3.53. The van der Waals surface area contributed by atoms with E-state index in [-0.39, 0.29) is 5.91 Å². The van der Waals surface area contributed by atoms with E-state index in [0.29, 0.717) is 21.3 Å². The van der Waals surface area contributed by atoms with E-state index in [1.807, 2.05) is 49.6 Å². The van der Waals surface area contributed by atoms with Gasteiger partial charge in [0.2, 0.25) is 0 Å². The molecule has 1 atom stereocenters. The van der Waals surface area contributed by atoms with E-state index >= 15 is 0 Å². The fourth-order valence-corrected chi connectivity index (χ4v) is 6.31. The SMILES string of the molecule is Cc1ccc(C(=O)Nc2ccc(S(=O)(Nc3nccs3)=C3CCC3)cc2)cc1C.